The summed E-state index contributed by atoms with van der Waals surface area (Å²) in [6.07, 6.45) is -2.75. The summed E-state index contributed by atoms with van der Waals surface area (Å²) >= 11 is 0.846. The number of methoxy groups -OCH3 is 1. The van der Waals surface area contributed by atoms with Crippen LogP contribution in [-0.4, -0.2) is 60.6 Å². The molecule has 0 aromatic heterocycles. The molecule has 10 nitrogen and oxygen atoms in total. The summed E-state index contributed by atoms with van der Waals surface area (Å²) in [4.78, 5) is 36.6. The molecule has 0 N–H and O–H groups in total. The summed E-state index contributed by atoms with van der Waals surface area (Å²) in [6.45, 7) is 3.53. The normalized spacial score (nSPS) is 29.2. The number of hydrogen-bond acceptors (Lipinski definition) is 9. The first kappa shape index (κ1) is 20.2. The van der Waals surface area contributed by atoms with Gasteiger partial charge in [-0.15, -0.1) is 0 Å². The first-order valence-electron chi connectivity index (χ1n) is 7.00. The molecule has 5 atom stereocenters. The van der Waals surface area contributed by atoms with Crippen molar-refractivity contribution >= 4 is 28.8 Å². The van der Waals surface area contributed by atoms with Crippen LogP contribution < -0.4 is 0 Å². The van der Waals surface area contributed by atoms with Gasteiger partial charge in [0, 0.05) is 32.8 Å². The van der Waals surface area contributed by atoms with Crippen molar-refractivity contribution in [1.29, 1.82) is 0 Å². The zero-order chi connectivity index (χ0) is 18.3. The van der Waals surface area contributed by atoms with Gasteiger partial charge in [0.1, 0.15) is 36.4 Å². The molecule has 0 unspecified atom stereocenters. The van der Waals surface area contributed by atoms with Crippen LogP contribution in [0.2, 0.25) is 0 Å². The predicted octanol–water partition coefficient (Wildman–Crippen LogP) is 1.18. The molecule has 1 aliphatic heterocycles. The van der Waals surface area contributed by atoms with Gasteiger partial charge in [-0.3, -0.25) is 14.4 Å². The Labute approximate surface area is 142 Å². The molecule has 1 fully saturated rings. The van der Waals surface area contributed by atoms with Gasteiger partial charge >= 0.3 is 11.9 Å². The molecule has 134 valence electrons. The first-order valence-corrected chi connectivity index (χ1v) is 7.88. The Morgan fingerprint density at radius 2 is 1.88 bits per heavy atom. The van der Waals surface area contributed by atoms with E-state index >= 15 is 0 Å². The Balaban J connectivity index is 3.15. The van der Waals surface area contributed by atoms with Crippen LogP contribution in [0.1, 0.15) is 20.8 Å². The molecule has 0 spiro atoms. The van der Waals surface area contributed by atoms with Gasteiger partial charge in [-0.05, 0) is 5.53 Å². The minimum Gasteiger partial charge on any atom is -0.463 e. The van der Waals surface area contributed by atoms with Crippen molar-refractivity contribution in [3.63, 3.8) is 0 Å². The van der Waals surface area contributed by atoms with E-state index in [0.717, 1.165) is 11.8 Å². The maximum atomic E-state index is 11.4. The zero-order valence-corrected chi connectivity index (χ0v) is 14.5. The maximum Gasteiger partial charge on any atom is 0.303 e. The van der Waals surface area contributed by atoms with Crippen molar-refractivity contribution < 1.29 is 33.3 Å². The van der Waals surface area contributed by atoms with Crippen molar-refractivity contribution in [1.82, 2.24) is 0 Å². The van der Waals surface area contributed by atoms with E-state index < -0.39 is 41.7 Å². The third-order valence-electron chi connectivity index (χ3n) is 3.11. The van der Waals surface area contributed by atoms with Gasteiger partial charge in [-0.2, -0.15) is 0 Å². The molecule has 1 saturated heterocycles. The van der Waals surface area contributed by atoms with Gasteiger partial charge in [0.05, 0.1) is 0 Å². The number of carbonyl (C=O) groups excluding carboxylic acids is 3. The van der Waals surface area contributed by atoms with Crippen LogP contribution in [0.25, 0.3) is 10.4 Å². The molecule has 0 aliphatic carbocycles. The number of azide groups is 1. The molecular weight excluding hydrogens is 342 g/mol. The van der Waals surface area contributed by atoms with Crippen LogP contribution in [0, 0.1) is 0 Å². The van der Waals surface area contributed by atoms with Crippen molar-refractivity contribution in [2.75, 3.05) is 13.7 Å². The quantitative estimate of drug-likeness (QED) is 0.297. The molecule has 1 heterocycles. The summed E-state index contributed by atoms with van der Waals surface area (Å²) in [7, 11) is 1.36. The summed E-state index contributed by atoms with van der Waals surface area (Å²) in [5.41, 5.74) is 8.01. The van der Waals surface area contributed by atoms with Crippen molar-refractivity contribution in [2.45, 2.75) is 50.6 Å². The number of hydrogen-bond donors (Lipinski definition) is 0. The van der Waals surface area contributed by atoms with Crippen molar-refractivity contribution in [3.8, 4) is 0 Å². The Bertz CT molecular complexity index is 538. The third-order valence-corrected chi connectivity index (χ3v) is 4.05. The molecule has 11 heteroatoms. The van der Waals surface area contributed by atoms with Crippen LogP contribution in [-0.2, 0) is 33.3 Å². The van der Waals surface area contributed by atoms with Crippen LogP contribution in [0.5, 0.6) is 0 Å². The first-order chi connectivity index (χ1) is 11.3. The molecular formula is C13H19N3O7S. The largest absolute Gasteiger partial charge is 0.463 e. The van der Waals surface area contributed by atoms with E-state index in [0.29, 0.717) is 0 Å². The highest BCUT2D eigenvalue weighted by atomic mass is 32.2. The average molecular weight is 361 g/mol. The van der Waals surface area contributed by atoms with Gasteiger partial charge < -0.3 is 18.9 Å². The fraction of sp³-hybridized carbons (Fsp3) is 0.769. The molecule has 0 aromatic carbocycles. The van der Waals surface area contributed by atoms with Crippen molar-refractivity contribution in [3.05, 3.63) is 10.4 Å². The van der Waals surface area contributed by atoms with Crippen LogP contribution in [0.3, 0.4) is 0 Å². The summed E-state index contributed by atoms with van der Waals surface area (Å²) < 4.78 is 21.1. The summed E-state index contributed by atoms with van der Waals surface area (Å²) in [5.74, 6) is -1.17. The van der Waals surface area contributed by atoms with Gasteiger partial charge in [-0.25, -0.2) is 0 Å². The monoisotopic (exact) mass is 361 g/mol. The fourth-order valence-corrected chi connectivity index (χ4v) is 3.20. The fourth-order valence-electron chi connectivity index (χ4n) is 2.27. The lowest BCUT2D eigenvalue weighted by molar-refractivity contribution is -0.196. The van der Waals surface area contributed by atoms with Crippen molar-refractivity contribution in [2.24, 2.45) is 5.11 Å². The number of rotatable bonds is 6. The van der Waals surface area contributed by atoms with Crippen LogP contribution in [0.4, 0.5) is 0 Å². The predicted molar refractivity (Wildman–Crippen MR) is 82.9 cm³/mol. The lowest BCUT2D eigenvalue weighted by Crippen LogP contribution is -2.59. The number of esters is 2. The Hall–Kier alpha value is -1.81. The van der Waals surface area contributed by atoms with Crippen LogP contribution >= 0.6 is 11.8 Å². The molecule has 0 radical (unpaired) electrons. The Morgan fingerprint density at radius 1 is 1.21 bits per heavy atom. The highest BCUT2D eigenvalue weighted by molar-refractivity contribution is 8.14. The van der Waals surface area contributed by atoms with E-state index in [1.54, 1.807) is 0 Å². The van der Waals surface area contributed by atoms with Crippen LogP contribution in [0.15, 0.2) is 5.11 Å². The lowest BCUT2D eigenvalue weighted by atomic mass is 9.97. The Kier molecular flexibility index (Phi) is 7.99. The van der Waals surface area contributed by atoms with E-state index in [9.17, 15) is 14.4 Å². The molecule has 0 saturated carbocycles. The van der Waals surface area contributed by atoms with E-state index in [2.05, 4.69) is 10.0 Å². The Morgan fingerprint density at radius 3 is 2.33 bits per heavy atom. The second kappa shape index (κ2) is 9.48. The topological polar surface area (TPSA) is 137 Å². The minimum absolute atomic E-state index is 0.226. The van der Waals surface area contributed by atoms with E-state index in [-0.39, 0.29) is 11.7 Å². The molecule has 1 rings (SSSR count). The highest BCUT2D eigenvalue weighted by Gasteiger charge is 2.48. The standard InChI is InChI=1S/C13H19N3O7S/c1-6(17)21-5-9-11(22-7(2)18)10(15-16-14)12(20-4)13(23-9)24-8(3)19/h9-13H,5H2,1-4H3/t9-,10+,11+,12-,13-/m1/s1. The number of nitrogens with zero attached hydrogens (tertiary/aromatic N) is 3. The maximum absolute atomic E-state index is 11.4. The minimum atomic E-state index is -1.02. The number of carbonyl (C=O) groups is 3. The molecule has 1 aliphatic rings. The molecule has 0 bridgehead atoms. The molecule has 0 amide bonds. The summed E-state index contributed by atoms with van der Waals surface area (Å²) in [6, 6.07) is -0.949. The second-order valence-electron chi connectivity index (χ2n) is 4.92. The average Bonchev–Trinajstić information content (AvgIpc) is 2.47. The molecule has 24 heavy (non-hydrogen) atoms. The lowest BCUT2D eigenvalue weighted by Gasteiger charge is -2.43. The number of ether oxygens (including phenoxy) is 4. The SMILES string of the molecule is CO[C@@H]1[C@@H](N=[N+]=[N-])[C@@H](OC(C)=O)[C@@H](COC(C)=O)O[C@@H]1SC(C)=O. The van der Waals surface area contributed by atoms with E-state index in [1.807, 2.05) is 0 Å². The smallest absolute Gasteiger partial charge is 0.303 e. The van der Waals surface area contributed by atoms with E-state index in [1.165, 1.54) is 27.9 Å². The van der Waals surface area contributed by atoms with Gasteiger partial charge in [0.2, 0.25) is 0 Å². The van der Waals surface area contributed by atoms with Gasteiger partial charge in [0.25, 0.3) is 0 Å². The summed E-state index contributed by atoms with van der Waals surface area (Å²) in [5, 5.41) is 3.40. The van der Waals surface area contributed by atoms with Gasteiger partial charge in [-0.1, -0.05) is 16.9 Å². The van der Waals surface area contributed by atoms with E-state index in [4.69, 9.17) is 24.5 Å². The zero-order valence-electron chi connectivity index (χ0n) is 13.7. The number of thioether (sulfide) groups is 1. The third kappa shape index (κ3) is 5.68. The second-order valence-corrected chi connectivity index (χ2v) is 6.20. The van der Waals surface area contributed by atoms with Gasteiger partial charge in [0.15, 0.2) is 5.12 Å². The highest BCUT2D eigenvalue weighted by Crippen LogP contribution is 2.34. The molecule has 0 aromatic rings.